The van der Waals surface area contributed by atoms with Crippen molar-refractivity contribution in [1.29, 1.82) is 0 Å². The lowest BCUT2D eigenvalue weighted by molar-refractivity contribution is 0.463. The number of aryl methyl sites for hydroxylation is 3. The molecule has 1 N–H and O–H groups in total. The standard InChI is InChI=1S/C24H28N2O/c1-13(2)22-15(4)11-16(5)24(27)19(22)12-21-23-18(8-9-25-21)17-7-6-14(3)10-20(17)26-23/h6-7,10-11,13,23,27H,8-9,12H2,1-5H3. The van der Waals surface area contributed by atoms with E-state index in [9.17, 15) is 5.11 Å². The molecule has 2 aromatic rings. The highest BCUT2D eigenvalue weighted by Crippen LogP contribution is 2.35. The Labute approximate surface area is 161 Å². The smallest absolute Gasteiger partial charge is 0.122 e. The zero-order valence-electron chi connectivity index (χ0n) is 16.9. The Morgan fingerprint density at radius 2 is 1.89 bits per heavy atom. The largest absolute Gasteiger partial charge is 0.507 e. The molecular formula is C24H28N2O. The molecule has 3 heteroatoms. The molecule has 4 rings (SSSR count). The van der Waals surface area contributed by atoms with E-state index in [2.05, 4.69) is 52.0 Å². The van der Waals surface area contributed by atoms with Gasteiger partial charge in [-0.05, 0) is 67.0 Å². The minimum absolute atomic E-state index is 0.0378. The van der Waals surface area contributed by atoms with Gasteiger partial charge in [-0.25, -0.2) is 0 Å². The van der Waals surface area contributed by atoms with Gasteiger partial charge < -0.3 is 5.11 Å². The van der Waals surface area contributed by atoms with Crippen LogP contribution in [0.4, 0.5) is 0 Å². The van der Waals surface area contributed by atoms with Crippen molar-refractivity contribution in [3.63, 3.8) is 0 Å². The van der Waals surface area contributed by atoms with E-state index in [1.54, 1.807) is 0 Å². The summed E-state index contributed by atoms with van der Waals surface area (Å²) >= 11 is 0. The van der Waals surface area contributed by atoms with Gasteiger partial charge in [0.1, 0.15) is 11.8 Å². The van der Waals surface area contributed by atoms with Crippen LogP contribution in [0.5, 0.6) is 5.75 Å². The van der Waals surface area contributed by atoms with E-state index in [1.807, 2.05) is 6.92 Å². The second kappa shape index (κ2) is 6.63. The van der Waals surface area contributed by atoms with E-state index < -0.39 is 0 Å². The summed E-state index contributed by atoms with van der Waals surface area (Å²) in [5, 5.41) is 13.2. The van der Waals surface area contributed by atoms with Gasteiger partial charge in [-0.15, -0.1) is 0 Å². The molecule has 1 unspecified atom stereocenters. The third-order valence-corrected chi connectivity index (χ3v) is 5.89. The molecule has 0 amide bonds. The van der Waals surface area contributed by atoms with Crippen LogP contribution < -0.4 is 10.6 Å². The molecule has 0 bridgehead atoms. The van der Waals surface area contributed by atoms with Crippen LogP contribution in [0, 0.1) is 20.8 Å². The number of aromatic hydroxyl groups is 1. The lowest BCUT2D eigenvalue weighted by Gasteiger charge is -2.24. The molecule has 2 aliphatic heterocycles. The molecule has 0 radical (unpaired) electrons. The molecule has 3 nitrogen and oxygen atoms in total. The zero-order chi connectivity index (χ0) is 19.3. The van der Waals surface area contributed by atoms with Crippen molar-refractivity contribution < 1.29 is 5.11 Å². The molecule has 0 saturated carbocycles. The van der Waals surface area contributed by atoms with Gasteiger partial charge in [-0.1, -0.05) is 32.0 Å². The molecule has 0 spiro atoms. The maximum absolute atomic E-state index is 10.8. The number of phenols is 1. The van der Waals surface area contributed by atoms with E-state index >= 15 is 0 Å². The normalized spacial score (nSPS) is 18.2. The minimum Gasteiger partial charge on any atom is -0.507 e. The number of aliphatic imine (C=N–C) groups is 1. The van der Waals surface area contributed by atoms with Crippen molar-refractivity contribution in [3.05, 3.63) is 62.7 Å². The second-order valence-corrected chi connectivity index (χ2v) is 8.28. The fourth-order valence-electron chi connectivity index (χ4n) is 4.73. The third kappa shape index (κ3) is 2.99. The third-order valence-electron chi connectivity index (χ3n) is 5.89. The molecular weight excluding hydrogens is 332 g/mol. The predicted octanol–water partition coefficient (Wildman–Crippen LogP) is 3.68. The fraction of sp³-hybridized carbons (Fsp3) is 0.417. The fourth-order valence-corrected chi connectivity index (χ4v) is 4.73. The van der Waals surface area contributed by atoms with Gasteiger partial charge >= 0.3 is 0 Å². The minimum atomic E-state index is 0.0378. The van der Waals surface area contributed by atoms with Gasteiger partial charge in [0.2, 0.25) is 0 Å². The number of rotatable bonds is 3. The number of nitrogens with zero attached hydrogens (tertiary/aromatic N) is 2. The molecule has 2 aromatic carbocycles. The van der Waals surface area contributed by atoms with Crippen molar-refractivity contribution in [2.24, 2.45) is 9.98 Å². The van der Waals surface area contributed by atoms with Crippen LogP contribution in [0.25, 0.3) is 5.57 Å². The first-order chi connectivity index (χ1) is 12.9. The summed E-state index contributed by atoms with van der Waals surface area (Å²) < 4.78 is 0. The quantitative estimate of drug-likeness (QED) is 0.892. The summed E-state index contributed by atoms with van der Waals surface area (Å²) in [5.74, 6) is 0.782. The van der Waals surface area contributed by atoms with Gasteiger partial charge in [0.15, 0.2) is 0 Å². The summed E-state index contributed by atoms with van der Waals surface area (Å²) in [6, 6.07) is 8.68. The van der Waals surface area contributed by atoms with Gasteiger partial charge in [-0.3, -0.25) is 9.98 Å². The number of phenolic OH excluding ortho intramolecular Hbond substituents is 1. The molecule has 0 aliphatic carbocycles. The Bertz CT molecular complexity index is 1080. The van der Waals surface area contributed by atoms with Gasteiger partial charge in [0.25, 0.3) is 0 Å². The molecule has 140 valence electrons. The van der Waals surface area contributed by atoms with Crippen LogP contribution in [0.15, 0.2) is 34.3 Å². The average Bonchev–Trinajstić information content (AvgIpc) is 2.97. The maximum atomic E-state index is 10.8. The first-order valence-corrected chi connectivity index (χ1v) is 9.89. The molecule has 1 atom stereocenters. The lowest BCUT2D eigenvalue weighted by atomic mass is 9.85. The Morgan fingerprint density at radius 3 is 2.63 bits per heavy atom. The molecule has 2 aliphatic rings. The summed E-state index contributed by atoms with van der Waals surface area (Å²) in [6.45, 7) is 11.4. The molecule has 0 saturated heterocycles. The van der Waals surface area contributed by atoms with E-state index in [0.29, 0.717) is 18.1 Å². The first kappa shape index (κ1) is 18.0. The van der Waals surface area contributed by atoms with Gasteiger partial charge in [0.05, 0.1) is 5.36 Å². The van der Waals surface area contributed by atoms with E-state index in [1.165, 1.54) is 27.5 Å². The van der Waals surface area contributed by atoms with Crippen LogP contribution in [-0.4, -0.2) is 23.4 Å². The molecule has 0 aromatic heterocycles. The summed E-state index contributed by atoms with van der Waals surface area (Å²) in [7, 11) is 0. The van der Waals surface area contributed by atoms with E-state index in [-0.39, 0.29) is 6.04 Å². The van der Waals surface area contributed by atoms with E-state index in [4.69, 9.17) is 9.98 Å². The van der Waals surface area contributed by atoms with Crippen molar-refractivity contribution in [1.82, 2.24) is 0 Å². The first-order valence-electron chi connectivity index (χ1n) is 9.89. The predicted molar refractivity (Wildman–Crippen MR) is 111 cm³/mol. The molecule has 2 heterocycles. The van der Waals surface area contributed by atoms with Crippen molar-refractivity contribution in [3.8, 4) is 5.75 Å². The van der Waals surface area contributed by atoms with Crippen LogP contribution in [0.1, 0.15) is 54.0 Å². The highest BCUT2D eigenvalue weighted by molar-refractivity contribution is 6.01. The van der Waals surface area contributed by atoms with Crippen molar-refractivity contribution in [2.45, 2.75) is 59.4 Å². The number of hydrogen-bond donors (Lipinski definition) is 1. The van der Waals surface area contributed by atoms with Crippen LogP contribution in [0.2, 0.25) is 0 Å². The molecule has 0 fully saturated rings. The highest BCUT2D eigenvalue weighted by Gasteiger charge is 2.29. The van der Waals surface area contributed by atoms with Gasteiger partial charge in [-0.2, -0.15) is 0 Å². The Hall–Kier alpha value is -2.42. The SMILES string of the molecule is Cc1ccc2c(c1)=NC1C(Cc3c(O)c(C)cc(C)c3C(C)C)=NCCC=21. The summed E-state index contributed by atoms with van der Waals surface area (Å²) in [4.78, 5) is 9.88. The lowest BCUT2D eigenvalue weighted by Crippen LogP contribution is -2.29. The number of hydrogen-bond acceptors (Lipinski definition) is 3. The van der Waals surface area contributed by atoms with E-state index in [0.717, 1.165) is 35.2 Å². The Balaban J connectivity index is 1.80. The zero-order valence-corrected chi connectivity index (χ0v) is 16.9. The van der Waals surface area contributed by atoms with Gasteiger partial charge in [0, 0.05) is 29.5 Å². The number of fused-ring (bicyclic) bond motifs is 2. The van der Waals surface area contributed by atoms with Crippen LogP contribution >= 0.6 is 0 Å². The van der Waals surface area contributed by atoms with Crippen LogP contribution in [-0.2, 0) is 6.42 Å². The van der Waals surface area contributed by atoms with Crippen molar-refractivity contribution >= 4 is 11.3 Å². The number of benzene rings is 2. The highest BCUT2D eigenvalue weighted by atomic mass is 16.3. The monoisotopic (exact) mass is 360 g/mol. The second-order valence-electron chi connectivity index (χ2n) is 8.28. The summed E-state index contributed by atoms with van der Waals surface area (Å²) in [5.41, 5.74) is 8.19. The Kier molecular flexibility index (Phi) is 4.41. The summed E-state index contributed by atoms with van der Waals surface area (Å²) in [6.07, 6.45) is 1.65. The average molecular weight is 361 g/mol. The van der Waals surface area contributed by atoms with Crippen molar-refractivity contribution in [2.75, 3.05) is 6.54 Å². The molecule has 27 heavy (non-hydrogen) atoms. The maximum Gasteiger partial charge on any atom is 0.122 e. The van der Waals surface area contributed by atoms with Crippen LogP contribution in [0.3, 0.4) is 0 Å². The Morgan fingerprint density at radius 1 is 1.11 bits per heavy atom. The topological polar surface area (TPSA) is 45.0 Å².